The van der Waals surface area contributed by atoms with E-state index in [-0.39, 0.29) is 34.3 Å². The van der Waals surface area contributed by atoms with E-state index in [0.717, 1.165) is 11.3 Å². The monoisotopic (exact) mass is 645 g/mol. The minimum absolute atomic E-state index is 0.0714. The van der Waals surface area contributed by atoms with Crippen molar-refractivity contribution in [2.24, 2.45) is 4.99 Å². The van der Waals surface area contributed by atoms with Crippen molar-refractivity contribution in [3.05, 3.63) is 87.0 Å². The first-order valence-corrected chi connectivity index (χ1v) is 14.2. The molecule has 216 valence electrons. The molecule has 41 heavy (non-hydrogen) atoms. The number of rotatable bonds is 9. The van der Waals surface area contributed by atoms with Crippen LogP contribution in [0.2, 0.25) is 0 Å². The zero-order valence-electron chi connectivity index (χ0n) is 23.2. The molecule has 1 aliphatic rings. The number of halogens is 1. The van der Waals surface area contributed by atoms with Crippen molar-refractivity contribution in [3.63, 3.8) is 0 Å². The van der Waals surface area contributed by atoms with Crippen LogP contribution in [-0.4, -0.2) is 42.4 Å². The maximum atomic E-state index is 13.9. The van der Waals surface area contributed by atoms with Crippen molar-refractivity contribution >= 4 is 45.0 Å². The molecular formula is C28H28BrN3O8S. The summed E-state index contributed by atoms with van der Waals surface area (Å²) < 4.78 is 24.0. The molecule has 3 aromatic rings. The molecule has 13 heteroatoms. The molecule has 0 bridgehead atoms. The lowest BCUT2D eigenvalue weighted by atomic mass is 9.95. The van der Waals surface area contributed by atoms with Gasteiger partial charge in [0.1, 0.15) is 0 Å². The lowest BCUT2D eigenvalue weighted by molar-refractivity contribution is -0.385. The van der Waals surface area contributed by atoms with Crippen LogP contribution in [0.3, 0.4) is 0 Å². The number of thiazole rings is 1. The molecular weight excluding hydrogens is 618 g/mol. The van der Waals surface area contributed by atoms with Gasteiger partial charge in [0.05, 0.1) is 58.2 Å². The van der Waals surface area contributed by atoms with E-state index in [1.165, 1.54) is 24.9 Å². The predicted octanol–water partition coefficient (Wildman–Crippen LogP) is 4.27. The van der Waals surface area contributed by atoms with Gasteiger partial charge < -0.3 is 18.9 Å². The van der Waals surface area contributed by atoms with Crippen LogP contribution in [0.25, 0.3) is 6.08 Å². The van der Waals surface area contributed by atoms with E-state index in [9.17, 15) is 19.7 Å². The normalized spacial score (nSPS) is 14.9. The lowest BCUT2D eigenvalue weighted by Gasteiger charge is -2.25. The van der Waals surface area contributed by atoms with Gasteiger partial charge in [0, 0.05) is 6.07 Å². The number of esters is 1. The Bertz CT molecular complexity index is 1740. The molecule has 0 saturated heterocycles. The average Bonchev–Trinajstić information content (AvgIpc) is 3.21. The van der Waals surface area contributed by atoms with E-state index in [0.29, 0.717) is 37.6 Å². The standard InChI is InChI=1S/C28H28BrN3O8S/c1-7-39-27(34)23-15(4)30-28-31(24(23)17-8-9-20(40-14(2)3)21(13-17)37-5)26(33)22(41-28)12-16-10-18(29)25(38-6)19(11-16)32(35)36/h8-14,24H,7H2,1-6H3/b22-12-/t24-/m0/s1. The van der Waals surface area contributed by atoms with E-state index in [2.05, 4.69) is 20.9 Å². The number of fused-ring (bicyclic) bond motifs is 1. The smallest absolute Gasteiger partial charge is 0.338 e. The van der Waals surface area contributed by atoms with Gasteiger partial charge >= 0.3 is 11.7 Å². The van der Waals surface area contributed by atoms with Gasteiger partial charge in [0.25, 0.3) is 5.56 Å². The minimum atomic E-state index is -0.869. The van der Waals surface area contributed by atoms with Crippen molar-refractivity contribution < 1.29 is 28.7 Å². The molecule has 0 unspecified atom stereocenters. The molecule has 0 radical (unpaired) electrons. The summed E-state index contributed by atoms with van der Waals surface area (Å²) in [6, 6.07) is 7.30. The number of carbonyl (C=O) groups excluding carboxylic acids is 1. The van der Waals surface area contributed by atoms with Crippen LogP contribution < -0.4 is 29.1 Å². The Kier molecular flexibility index (Phi) is 8.98. The summed E-state index contributed by atoms with van der Waals surface area (Å²) in [5.74, 6) is 0.432. The van der Waals surface area contributed by atoms with Crippen LogP contribution in [-0.2, 0) is 9.53 Å². The van der Waals surface area contributed by atoms with Crippen molar-refractivity contribution in [2.45, 2.75) is 39.8 Å². The fourth-order valence-corrected chi connectivity index (χ4v) is 6.16. The molecule has 1 atom stereocenters. The molecule has 11 nitrogen and oxygen atoms in total. The van der Waals surface area contributed by atoms with Crippen LogP contribution in [0.1, 0.15) is 44.9 Å². The predicted molar refractivity (Wildman–Crippen MR) is 157 cm³/mol. The molecule has 0 aliphatic carbocycles. The quantitative estimate of drug-likeness (QED) is 0.191. The first kappa shape index (κ1) is 30.0. The van der Waals surface area contributed by atoms with E-state index in [4.69, 9.17) is 18.9 Å². The third kappa shape index (κ3) is 5.91. The van der Waals surface area contributed by atoms with Crippen molar-refractivity contribution in [1.82, 2.24) is 4.57 Å². The molecule has 0 fully saturated rings. The van der Waals surface area contributed by atoms with Crippen LogP contribution in [0.4, 0.5) is 5.69 Å². The Labute approximate surface area is 247 Å². The number of nitrogens with zero attached hydrogens (tertiary/aromatic N) is 3. The van der Waals surface area contributed by atoms with Gasteiger partial charge in [-0.15, -0.1) is 0 Å². The van der Waals surface area contributed by atoms with Crippen LogP contribution >= 0.6 is 27.3 Å². The minimum Gasteiger partial charge on any atom is -0.493 e. The maximum Gasteiger partial charge on any atom is 0.338 e. The van der Waals surface area contributed by atoms with E-state index in [1.54, 1.807) is 44.2 Å². The number of ether oxygens (including phenoxy) is 4. The highest BCUT2D eigenvalue weighted by Crippen LogP contribution is 2.38. The number of benzene rings is 2. The zero-order chi connectivity index (χ0) is 30.0. The molecule has 0 N–H and O–H groups in total. The SMILES string of the molecule is CCOC(=O)C1=C(C)N=c2s/c(=C\c3cc(Br)c(OC)c([N+](=O)[O-])c3)c(=O)n2[C@H]1c1ccc(OC(C)C)c(OC)c1. The molecule has 2 heterocycles. The first-order valence-electron chi connectivity index (χ1n) is 12.6. The summed E-state index contributed by atoms with van der Waals surface area (Å²) in [7, 11) is 2.85. The number of allylic oxidation sites excluding steroid dienone is 1. The topological polar surface area (TPSA) is 131 Å². The first-order chi connectivity index (χ1) is 19.5. The second-order valence-electron chi connectivity index (χ2n) is 9.19. The van der Waals surface area contributed by atoms with Gasteiger partial charge in [-0.3, -0.25) is 19.5 Å². The summed E-state index contributed by atoms with van der Waals surface area (Å²) >= 11 is 4.42. The zero-order valence-corrected chi connectivity index (χ0v) is 25.6. The van der Waals surface area contributed by atoms with E-state index >= 15 is 0 Å². The van der Waals surface area contributed by atoms with Gasteiger partial charge in [-0.25, -0.2) is 9.79 Å². The second-order valence-corrected chi connectivity index (χ2v) is 11.1. The molecule has 1 aromatic heterocycles. The van der Waals surface area contributed by atoms with Crippen molar-refractivity contribution in [1.29, 1.82) is 0 Å². The summed E-state index contributed by atoms with van der Waals surface area (Å²) in [6.07, 6.45) is 1.44. The molecule has 0 saturated carbocycles. The summed E-state index contributed by atoms with van der Waals surface area (Å²) in [4.78, 5) is 43.1. The van der Waals surface area contributed by atoms with Crippen LogP contribution in [0.15, 0.2) is 55.9 Å². The van der Waals surface area contributed by atoms with Crippen molar-refractivity contribution in [2.75, 3.05) is 20.8 Å². The van der Waals surface area contributed by atoms with E-state index in [1.807, 2.05) is 13.8 Å². The Morgan fingerprint density at radius 3 is 2.56 bits per heavy atom. The highest BCUT2D eigenvalue weighted by atomic mass is 79.9. The second kappa shape index (κ2) is 12.3. The summed E-state index contributed by atoms with van der Waals surface area (Å²) in [5.41, 5.74) is 0.938. The Morgan fingerprint density at radius 2 is 1.95 bits per heavy atom. The van der Waals surface area contributed by atoms with E-state index < -0.39 is 22.5 Å². The molecule has 2 aromatic carbocycles. The molecule has 0 spiro atoms. The number of nitro groups is 1. The number of aromatic nitrogens is 1. The fraction of sp³-hybridized carbons (Fsp3) is 0.321. The Balaban J connectivity index is 1.96. The van der Waals surface area contributed by atoms with Crippen LogP contribution in [0.5, 0.6) is 17.2 Å². The summed E-state index contributed by atoms with van der Waals surface area (Å²) in [5, 5.41) is 11.6. The number of methoxy groups -OCH3 is 2. The number of carbonyl (C=O) groups is 1. The van der Waals surface area contributed by atoms with Gasteiger partial charge in [-0.2, -0.15) is 0 Å². The number of hydrogen-bond acceptors (Lipinski definition) is 10. The maximum absolute atomic E-state index is 13.9. The third-order valence-electron chi connectivity index (χ3n) is 6.13. The highest BCUT2D eigenvalue weighted by molar-refractivity contribution is 9.10. The van der Waals surface area contributed by atoms with Crippen LogP contribution in [0, 0.1) is 10.1 Å². The highest BCUT2D eigenvalue weighted by Gasteiger charge is 2.34. The third-order valence-corrected chi connectivity index (χ3v) is 7.70. The molecule has 4 rings (SSSR count). The molecule has 0 amide bonds. The molecule has 1 aliphatic heterocycles. The number of nitro benzene ring substituents is 1. The number of hydrogen-bond donors (Lipinski definition) is 0. The Hall–Kier alpha value is -3.97. The fourth-order valence-electron chi connectivity index (χ4n) is 4.48. The largest absolute Gasteiger partial charge is 0.493 e. The van der Waals surface area contributed by atoms with Gasteiger partial charge in [0.2, 0.25) is 5.75 Å². The van der Waals surface area contributed by atoms with Gasteiger partial charge in [0.15, 0.2) is 16.3 Å². The van der Waals surface area contributed by atoms with Gasteiger partial charge in [-0.1, -0.05) is 17.4 Å². The lowest BCUT2D eigenvalue weighted by Crippen LogP contribution is -2.40. The average molecular weight is 647 g/mol. The summed E-state index contributed by atoms with van der Waals surface area (Å²) in [6.45, 7) is 7.32. The van der Waals surface area contributed by atoms with Gasteiger partial charge in [-0.05, 0) is 79.0 Å². The van der Waals surface area contributed by atoms with Crippen molar-refractivity contribution in [3.8, 4) is 17.2 Å². The Morgan fingerprint density at radius 1 is 1.22 bits per heavy atom.